The van der Waals surface area contributed by atoms with Gasteiger partial charge in [-0.3, -0.25) is 14.9 Å². The van der Waals surface area contributed by atoms with Crippen molar-refractivity contribution in [1.82, 2.24) is 0 Å². The van der Waals surface area contributed by atoms with Crippen LogP contribution < -0.4 is 10.2 Å². The van der Waals surface area contributed by atoms with Gasteiger partial charge < -0.3 is 10.2 Å². The van der Waals surface area contributed by atoms with Gasteiger partial charge in [0.1, 0.15) is 0 Å². The van der Waals surface area contributed by atoms with Crippen molar-refractivity contribution in [2.45, 2.75) is 12.8 Å². The Kier molecular flexibility index (Phi) is 4.66. The lowest BCUT2D eigenvalue weighted by atomic mass is 10.1. The smallest absolute Gasteiger partial charge is 0.271 e. The zero-order valence-electron chi connectivity index (χ0n) is 12.9. The maximum atomic E-state index is 12.5. The fourth-order valence-corrected chi connectivity index (χ4v) is 3.03. The summed E-state index contributed by atoms with van der Waals surface area (Å²) in [5, 5.41) is 14.2. The molecule has 0 radical (unpaired) electrons. The number of carbonyl (C=O) groups excluding carboxylic acids is 1. The lowest BCUT2D eigenvalue weighted by molar-refractivity contribution is -0.384. The molecule has 6 nitrogen and oxygen atoms in total. The molecule has 1 fully saturated rings. The molecular formula is C17H16ClN3O3. The summed E-state index contributed by atoms with van der Waals surface area (Å²) in [7, 11) is 0. The highest BCUT2D eigenvalue weighted by molar-refractivity contribution is 6.34. The molecule has 7 heteroatoms. The Balaban J connectivity index is 1.95. The van der Waals surface area contributed by atoms with Crippen LogP contribution in [0.5, 0.6) is 0 Å². The van der Waals surface area contributed by atoms with E-state index in [1.165, 1.54) is 12.1 Å². The van der Waals surface area contributed by atoms with Crippen LogP contribution >= 0.6 is 11.6 Å². The summed E-state index contributed by atoms with van der Waals surface area (Å²) in [5.74, 6) is -0.387. The van der Waals surface area contributed by atoms with Gasteiger partial charge in [0, 0.05) is 25.2 Å². The van der Waals surface area contributed by atoms with E-state index in [0.717, 1.165) is 31.6 Å². The molecule has 1 saturated heterocycles. The van der Waals surface area contributed by atoms with Gasteiger partial charge in [-0.15, -0.1) is 0 Å². The second-order valence-corrected chi connectivity index (χ2v) is 5.99. The first-order chi connectivity index (χ1) is 11.6. The van der Waals surface area contributed by atoms with E-state index in [4.69, 9.17) is 11.6 Å². The first-order valence-electron chi connectivity index (χ1n) is 7.65. The highest BCUT2D eigenvalue weighted by atomic mass is 35.5. The van der Waals surface area contributed by atoms with Crippen LogP contribution in [0.25, 0.3) is 0 Å². The fraction of sp³-hybridized carbons (Fsp3) is 0.235. The van der Waals surface area contributed by atoms with Gasteiger partial charge in [-0.25, -0.2) is 0 Å². The first kappa shape index (κ1) is 16.3. The highest BCUT2D eigenvalue weighted by Gasteiger charge is 2.20. The van der Waals surface area contributed by atoms with Crippen LogP contribution in [-0.4, -0.2) is 23.9 Å². The van der Waals surface area contributed by atoms with Crippen molar-refractivity contribution in [1.29, 1.82) is 0 Å². The number of nitrogens with zero attached hydrogens (tertiary/aromatic N) is 2. The number of halogens is 1. The zero-order chi connectivity index (χ0) is 17.1. The Labute approximate surface area is 144 Å². The van der Waals surface area contributed by atoms with Crippen LogP contribution in [-0.2, 0) is 0 Å². The van der Waals surface area contributed by atoms with Gasteiger partial charge in [-0.05, 0) is 31.0 Å². The van der Waals surface area contributed by atoms with Gasteiger partial charge in [0.25, 0.3) is 11.6 Å². The van der Waals surface area contributed by atoms with E-state index in [0.29, 0.717) is 16.3 Å². The van der Waals surface area contributed by atoms with Crippen molar-refractivity contribution in [2.75, 3.05) is 23.3 Å². The van der Waals surface area contributed by atoms with E-state index in [2.05, 4.69) is 10.2 Å². The predicted octanol–water partition coefficient (Wildman–Crippen LogP) is 4.10. The number of benzene rings is 2. The van der Waals surface area contributed by atoms with Crippen LogP contribution in [0.15, 0.2) is 42.5 Å². The summed E-state index contributed by atoms with van der Waals surface area (Å²) in [6, 6.07) is 11.2. The topological polar surface area (TPSA) is 75.5 Å². The Morgan fingerprint density at radius 2 is 1.88 bits per heavy atom. The van der Waals surface area contributed by atoms with Crippen LogP contribution in [0.4, 0.5) is 17.1 Å². The summed E-state index contributed by atoms with van der Waals surface area (Å²) >= 11 is 6.05. The molecule has 124 valence electrons. The molecule has 1 heterocycles. The van der Waals surface area contributed by atoms with Crippen molar-refractivity contribution < 1.29 is 9.72 Å². The van der Waals surface area contributed by atoms with E-state index in [-0.39, 0.29) is 11.6 Å². The molecule has 0 aromatic heterocycles. The predicted molar refractivity (Wildman–Crippen MR) is 93.9 cm³/mol. The molecule has 0 atom stereocenters. The number of anilines is 2. The Morgan fingerprint density at radius 3 is 2.54 bits per heavy atom. The molecule has 0 unspecified atom stereocenters. The van der Waals surface area contributed by atoms with E-state index in [1.807, 2.05) is 0 Å². The molecule has 0 aliphatic carbocycles. The van der Waals surface area contributed by atoms with Crippen LogP contribution in [0.3, 0.4) is 0 Å². The molecule has 3 rings (SSSR count). The Hall–Kier alpha value is -2.60. The number of hydrogen-bond acceptors (Lipinski definition) is 4. The average molecular weight is 346 g/mol. The Bertz CT molecular complexity index is 788. The van der Waals surface area contributed by atoms with Crippen molar-refractivity contribution in [3.05, 3.63) is 63.2 Å². The van der Waals surface area contributed by atoms with Gasteiger partial charge in [-0.1, -0.05) is 23.7 Å². The minimum absolute atomic E-state index is 0.0626. The summed E-state index contributed by atoms with van der Waals surface area (Å²) in [5.41, 5.74) is 1.49. The fourth-order valence-electron chi connectivity index (χ4n) is 2.81. The molecule has 1 N–H and O–H groups in total. The van der Waals surface area contributed by atoms with Gasteiger partial charge in [0.15, 0.2) is 0 Å². The number of nitrogens with one attached hydrogen (secondary N) is 1. The van der Waals surface area contributed by atoms with Crippen molar-refractivity contribution in [3.63, 3.8) is 0 Å². The monoisotopic (exact) mass is 345 g/mol. The van der Waals surface area contributed by atoms with Gasteiger partial charge in [0.05, 0.1) is 26.9 Å². The molecule has 2 aromatic carbocycles. The van der Waals surface area contributed by atoms with Gasteiger partial charge in [0.2, 0.25) is 0 Å². The number of amides is 1. The van der Waals surface area contributed by atoms with E-state index < -0.39 is 4.92 Å². The van der Waals surface area contributed by atoms with Gasteiger partial charge in [-0.2, -0.15) is 0 Å². The van der Waals surface area contributed by atoms with Crippen molar-refractivity contribution >= 4 is 34.6 Å². The molecule has 0 spiro atoms. The number of nitro benzene ring substituents is 1. The van der Waals surface area contributed by atoms with Crippen LogP contribution in [0, 0.1) is 10.1 Å². The molecule has 1 aliphatic heterocycles. The molecular weight excluding hydrogens is 330 g/mol. The number of carbonyl (C=O) groups is 1. The molecule has 1 aliphatic rings. The molecule has 0 saturated carbocycles. The van der Waals surface area contributed by atoms with Crippen molar-refractivity contribution in [2.24, 2.45) is 0 Å². The molecule has 1 amide bonds. The normalized spacial score (nSPS) is 13.8. The van der Waals surface area contributed by atoms with Crippen LogP contribution in [0.2, 0.25) is 5.02 Å². The highest BCUT2D eigenvalue weighted by Crippen LogP contribution is 2.33. The standard InChI is InChI=1S/C17H16ClN3O3/c18-14-6-2-1-5-13(14)17(22)19-15-11-12(21(23)24)7-8-16(15)20-9-3-4-10-20/h1-2,5-8,11H,3-4,9-10H2,(H,19,22). The second kappa shape index (κ2) is 6.88. The number of rotatable bonds is 4. The van der Waals surface area contributed by atoms with Crippen molar-refractivity contribution in [3.8, 4) is 0 Å². The third-order valence-corrected chi connectivity index (χ3v) is 4.33. The van der Waals surface area contributed by atoms with Gasteiger partial charge >= 0.3 is 0 Å². The lowest BCUT2D eigenvalue weighted by Crippen LogP contribution is -2.21. The third-order valence-electron chi connectivity index (χ3n) is 4.00. The number of hydrogen-bond donors (Lipinski definition) is 1. The third kappa shape index (κ3) is 3.33. The van der Waals surface area contributed by atoms with E-state index in [9.17, 15) is 14.9 Å². The quantitative estimate of drug-likeness (QED) is 0.668. The van der Waals surface area contributed by atoms with Crippen LogP contribution in [0.1, 0.15) is 23.2 Å². The second-order valence-electron chi connectivity index (χ2n) is 5.59. The summed E-state index contributed by atoms with van der Waals surface area (Å²) in [4.78, 5) is 25.2. The maximum absolute atomic E-state index is 12.5. The van der Waals surface area contributed by atoms with E-state index >= 15 is 0 Å². The summed E-state index contributed by atoms with van der Waals surface area (Å²) < 4.78 is 0. The number of nitro groups is 1. The molecule has 2 aromatic rings. The van der Waals surface area contributed by atoms with E-state index in [1.54, 1.807) is 30.3 Å². The Morgan fingerprint density at radius 1 is 1.17 bits per heavy atom. The first-order valence-corrected chi connectivity index (χ1v) is 8.03. The zero-order valence-corrected chi connectivity index (χ0v) is 13.6. The summed E-state index contributed by atoms with van der Waals surface area (Å²) in [6.07, 6.45) is 2.13. The summed E-state index contributed by atoms with van der Waals surface area (Å²) in [6.45, 7) is 1.74. The SMILES string of the molecule is O=C(Nc1cc([N+](=O)[O-])ccc1N1CCCC1)c1ccccc1Cl. The average Bonchev–Trinajstić information content (AvgIpc) is 3.09. The largest absolute Gasteiger partial charge is 0.370 e. The minimum Gasteiger partial charge on any atom is -0.370 e. The molecule has 0 bridgehead atoms. The lowest BCUT2D eigenvalue weighted by Gasteiger charge is -2.21. The molecule has 24 heavy (non-hydrogen) atoms. The maximum Gasteiger partial charge on any atom is 0.271 e. The minimum atomic E-state index is -0.473. The number of non-ortho nitro benzene ring substituents is 1.